The second-order valence-electron chi connectivity index (χ2n) is 5.92. The van der Waals surface area contributed by atoms with Crippen LogP contribution in [-0.4, -0.2) is 48.9 Å². The standard InChI is InChI=1S/C12H22N2O3/c1-12(2,3)17-11(15)14-5-9-8(4-13)7-16-10(9)6-14/h8-10H,4-7,13H2,1-3H3/t8-,9-,10-/m1/s1. The molecule has 0 aromatic rings. The summed E-state index contributed by atoms with van der Waals surface area (Å²) in [7, 11) is 0. The van der Waals surface area contributed by atoms with Crippen molar-refractivity contribution in [3.8, 4) is 0 Å². The maximum atomic E-state index is 11.9. The minimum atomic E-state index is -0.442. The van der Waals surface area contributed by atoms with Gasteiger partial charge in [0.1, 0.15) is 5.60 Å². The topological polar surface area (TPSA) is 64.8 Å². The number of nitrogens with two attached hydrogens (primary N) is 1. The smallest absolute Gasteiger partial charge is 0.410 e. The maximum Gasteiger partial charge on any atom is 0.410 e. The van der Waals surface area contributed by atoms with Gasteiger partial charge in [0.25, 0.3) is 0 Å². The van der Waals surface area contributed by atoms with Crippen LogP contribution in [0.5, 0.6) is 0 Å². The fourth-order valence-corrected chi connectivity index (χ4v) is 2.52. The number of amides is 1. The molecule has 2 aliphatic rings. The summed E-state index contributed by atoms with van der Waals surface area (Å²) in [5.74, 6) is 0.764. The van der Waals surface area contributed by atoms with Gasteiger partial charge in [-0.25, -0.2) is 4.79 Å². The quantitative estimate of drug-likeness (QED) is 0.739. The summed E-state index contributed by atoms with van der Waals surface area (Å²) in [4.78, 5) is 13.6. The first-order valence-corrected chi connectivity index (χ1v) is 6.20. The molecule has 2 N–H and O–H groups in total. The SMILES string of the molecule is CC(C)(C)OC(=O)N1C[C@@H]2[C@H](CN)CO[C@@H]2C1. The van der Waals surface area contributed by atoms with E-state index in [0.29, 0.717) is 31.5 Å². The summed E-state index contributed by atoms with van der Waals surface area (Å²) < 4.78 is 11.0. The Morgan fingerprint density at radius 1 is 1.47 bits per heavy atom. The lowest BCUT2D eigenvalue weighted by Gasteiger charge is -2.25. The summed E-state index contributed by atoms with van der Waals surface area (Å²) in [6.45, 7) is 8.33. The number of hydrogen-bond acceptors (Lipinski definition) is 4. The highest BCUT2D eigenvalue weighted by Gasteiger charge is 2.45. The van der Waals surface area contributed by atoms with Crippen LogP contribution < -0.4 is 5.73 Å². The zero-order chi connectivity index (χ0) is 12.6. The van der Waals surface area contributed by atoms with Gasteiger partial charge in [0.15, 0.2) is 0 Å². The van der Waals surface area contributed by atoms with E-state index in [1.165, 1.54) is 0 Å². The molecule has 0 unspecified atom stereocenters. The fourth-order valence-electron chi connectivity index (χ4n) is 2.52. The summed E-state index contributed by atoms with van der Waals surface area (Å²) >= 11 is 0. The third-order valence-electron chi connectivity index (χ3n) is 3.39. The molecule has 0 radical (unpaired) electrons. The number of ether oxygens (including phenoxy) is 2. The molecule has 2 saturated heterocycles. The van der Waals surface area contributed by atoms with E-state index < -0.39 is 5.60 Å². The Bertz CT molecular complexity index is 301. The maximum absolute atomic E-state index is 11.9. The lowest BCUT2D eigenvalue weighted by atomic mass is 9.93. The molecule has 0 aliphatic carbocycles. The van der Waals surface area contributed by atoms with Gasteiger partial charge < -0.3 is 20.1 Å². The van der Waals surface area contributed by atoms with E-state index in [9.17, 15) is 4.79 Å². The number of fused-ring (bicyclic) bond motifs is 1. The molecule has 5 heteroatoms. The van der Waals surface area contributed by atoms with Gasteiger partial charge in [-0.3, -0.25) is 0 Å². The van der Waals surface area contributed by atoms with Crippen LogP contribution in [0.3, 0.4) is 0 Å². The van der Waals surface area contributed by atoms with Crippen molar-refractivity contribution in [2.24, 2.45) is 17.6 Å². The minimum absolute atomic E-state index is 0.149. The Morgan fingerprint density at radius 2 is 2.18 bits per heavy atom. The Kier molecular flexibility index (Phi) is 3.32. The van der Waals surface area contributed by atoms with E-state index in [1.807, 2.05) is 20.8 Å². The number of likely N-dealkylation sites (tertiary alicyclic amines) is 1. The van der Waals surface area contributed by atoms with Crippen LogP contribution >= 0.6 is 0 Å². The monoisotopic (exact) mass is 242 g/mol. The molecule has 2 fully saturated rings. The summed E-state index contributed by atoms with van der Waals surface area (Å²) in [6.07, 6.45) is -0.0951. The first-order chi connectivity index (χ1) is 7.90. The number of carbonyl (C=O) groups excluding carboxylic acids is 1. The molecule has 0 spiro atoms. The van der Waals surface area contributed by atoms with Gasteiger partial charge in [-0.2, -0.15) is 0 Å². The zero-order valence-corrected chi connectivity index (χ0v) is 10.8. The highest BCUT2D eigenvalue weighted by molar-refractivity contribution is 5.68. The van der Waals surface area contributed by atoms with Gasteiger partial charge in [0.05, 0.1) is 19.3 Å². The Labute approximate surface area is 102 Å². The van der Waals surface area contributed by atoms with Crippen LogP contribution in [0.1, 0.15) is 20.8 Å². The predicted octanol–water partition coefficient (Wildman–Crippen LogP) is 0.827. The predicted molar refractivity (Wildman–Crippen MR) is 63.6 cm³/mol. The van der Waals surface area contributed by atoms with E-state index in [-0.39, 0.29) is 12.2 Å². The average molecular weight is 242 g/mol. The second kappa shape index (κ2) is 4.46. The van der Waals surface area contributed by atoms with Crippen molar-refractivity contribution in [2.75, 3.05) is 26.2 Å². The van der Waals surface area contributed by atoms with Crippen molar-refractivity contribution in [2.45, 2.75) is 32.5 Å². The van der Waals surface area contributed by atoms with Gasteiger partial charge in [-0.15, -0.1) is 0 Å². The molecule has 0 aromatic carbocycles. The van der Waals surface area contributed by atoms with Gasteiger partial charge in [0.2, 0.25) is 0 Å². The van der Waals surface area contributed by atoms with Crippen molar-refractivity contribution in [1.82, 2.24) is 4.90 Å². The van der Waals surface area contributed by atoms with Crippen LogP contribution in [0.25, 0.3) is 0 Å². The third-order valence-corrected chi connectivity index (χ3v) is 3.39. The van der Waals surface area contributed by atoms with Gasteiger partial charge in [-0.05, 0) is 27.3 Å². The highest BCUT2D eigenvalue weighted by Crippen LogP contribution is 2.33. The molecule has 1 amide bonds. The molecule has 98 valence electrons. The van der Waals surface area contributed by atoms with Gasteiger partial charge in [-0.1, -0.05) is 0 Å². The Balaban J connectivity index is 1.92. The summed E-state index contributed by atoms with van der Waals surface area (Å²) in [5, 5.41) is 0. The molecule has 0 aromatic heterocycles. The minimum Gasteiger partial charge on any atom is -0.444 e. The van der Waals surface area contributed by atoms with E-state index in [2.05, 4.69) is 0 Å². The van der Waals surface area contributed by atoms with Crippen molar-refractivity contribution in [3.05, 3.63) is 0 Å². The first kappa shape index (κ1) is 12.6. The van der Waals surface area contributed by atoms with Crippen LogP contribution in [-0.2, 0) is 9.47 Å². The molecule has 0 bridgehead atoms. The number of carbonyl (C=O) groups is 1. The molecule has 2 heterocycles. The lowest BCUT2D eigenvalue weighted by molar-refractivity contribution is 0.0224. The van der Waals surface area contributed by atoms with Crippen molar-refractivity contribution in [3.63, 3.8) is 0 Å². The van der Waals surface area contributed by atoms with Gasteiger partial charge in [0, 0.05) is 18.4 Å². The fraction of sp³-hybridized carbons (Fsp3) is 0.917. The van der Waals surface area contributed by atoms with Gasteiger partial charge >= 0.3 is 6.09 Å². The number of nitrogens with zero attached hydrogens (tertiary/aromatic N) is 1. The second-order valence-corrected chi connectivity index (χ2v) is 5.92. The molecular weight excluding hydrogens is 220 g/mol. The van der Waals surface area contributed by atoms with Crippen molar-refractivity contribution >= 4 is 6.09 Å². The zero-order valence-electron chi connectivity index (χ0n) is 10.8. The molecule has 17 heavy (non-hydrogen) atoms. The Hall–Kier alpha value is -0.810. The molecule has 0 saturated carbocycles. The molecule has 5 nitrogen and oxygen atoms in total. The van der Waals surface area contributed by atoms with E-state index in [4.69, 9.17) is 15.2 Å². The summed E-state index contributed by atoms with van der Waals surface area (Å²) in [5.41, 5.74) is 5.26. The van der Waals surface area contributed by atoms with E-state index in [1.54, 1.807) is 4.90 Å². The Morgan fingerprint density at radius 3 is 2.76 bits per heavy atom. The van der Waals surface area contributed by atoms with E-state index >= 15 is 0 Å². The van der Waals surface area contributed by atoms with E-state index in [0.717, 1.165) is 6.61 Å². The number of hydrogen-bond donors (Lipinski definition) is 1. The highest BCUT2D eigenvalue weighted by atomic mass is 16.6. The molecule has 3 atom stereocenters. The van der Waals surface area contributed by atoms with Crippen molar-refractivity contribution < 1.29 is 14.3 Å². The van der Waals surface area contributed by atoms with Crippen LogP contribution in [0.2, 0.25) is 0 Å². The molecular formula is C12H22N2O3. The first-order valence-electron chi connectivity index (χ1n) is 6.20. The molecule has 2 aliphatic heterocycles. The van der Waals surface area contributed by atoms with Crippen LogP contribution in [0.15, 0.2) is 0 Å². The third kappa shape index (κ3) is 2.72. The largest absolute Gasteiger partial charge is 0.444 e. The number of rotatable bonds is 1. The van der Waals surface area contributed by atoms with Crippen molar-refractivity contribution in [1.29, 1.82) is 0 Å². The lowest BCUT2D eigenvalue weighted by Crippen LogP contribution is -2.37. The normalized spacial score (nSPS) is 32.7. The van der Waals surface area contributed by atoms with Crippen LogP contribution in [0.4, 0.5) is 4.79 Å². The molecule has 2 rings (SSSR count). The van der Waals surface area contributed by atoms with Crippen LogP contribution in [0, 0.1) is 11.8 Å². The average Bonchev–Trinajstić information content (AvgIpc) is 2.72. The summed E-state index contributed by atoms with van der Waals surface area (Å²) in [6, 6.07) is 0.